The minimum absolute atomic E-state index is 0.0491. The van der Waals surface area contributed by atoms with Gasteiger partial charge in [0.25, 0.3) is 0 Å². The van der Waals surface area contributed by atoms with Gasteiger partial charge in [0.1, 0.15) is 18.2 Å². The maximum Gasteiger partial charge on any atom is 0.301 e. The molecule has 1 aliphatic rings. The van der Waals surface area contributed by atoms with E-state index in [1.54, 1.807) is 18.3 Å². The fourth-order valence-corrected chi connectivity index (χ4v) is 5.02. The van der Waals surface area contributed by atoms with Gasteiger partial charge in [-0.2, -0.15) is 0 Å². The van der Waals surface area contributed by atoms with Gasteiger partial charge < -0.3 is 14.4 Å². The smallest absolute Gasteiger partial charge is 0.301 e. The van der Waals surface area contributed by atoms with E-state index in [2.05, 4.69) is 25.8 Å². The normalized spacial score (nSPS) is 13.4. The second kappa shape index (κ2) is 12.5. The molecule has 8 nitrogen and oxygen atoms in total. The summed E-state index contributed by atoms with van der Waals surface area (Å²) in [6.45, 7) is 2.60. The molecule has 0 bridgehead atoms. The summed E-state index contributed by atoms with van der Waals surface area (Å²) in [6.07, 6.45) is 1.57. The van der Waals surface area contributed by atoms with Crippen LogP contribution in [0.5, 0.6) is 5.75 Å². The zero-order chi connectivity index (χ0) is 28.1. The van der Waals surface area contributed by atoms with Gasteiger partial charge in [-0.25, -0.2) is 9.37 Å². The molecule has 5 rings (SSSR count). The van der Waals surface area contributed by atoms with Crippen LogP contribution in [0.3, 0.4) is 0 Å². The van der Waals surface area contributed by atoms with Crippen molar-refractivity contribution in [3.05, 3.63) is 104 Å². The van der Waals surface area contributed by atoms with Gasteiger partial charge in [-0.1, -0.05) is 42.5 Å². The molecule has 40 heavy (non-hydrogen) atoms. The molecule has 10 heteroatoms. The molecular formula is C30H27BrFN3O5. The number of hydrogen-bond donors (Lipinski definition) is 0. The number of ketones is 2. The van der Waals surface area contributed by atoms with Gasteiger partial charge in [0.05, 0.1) is 23.4 Å². The van der Waals surface area contributed by atoms with Crippen molar-refractivity contribution in [1.82, 2.24) is 9.38 Å². The minimum Gasteiger partial charge on any atom is -0.481 e. The highest BCUT2D eigenvalue weighted by molar-refractivity contribution is 9.10. The lowest BCUT2D eigenvalue weighted by Gasteiger charge is -2.29. The highest BCUT2D eigenvalue weighted by atomic mass is 79.9. The number of morpholine rings is 1. The van der Waals surface area contributed by atoms with Crippen LogP contribution in [-0.4, -0.2) is 47.3 Å². The molecule has 0 aliphatic carbocycles. The molecule has 0 amide bonds. The van der Waals surface area contributed by atoms with E-state index in [-0.39, 0.29) is 54.6 Å². The Kier molecular flexibility index (Phi) is 8.66. The number of aromatic nitrogens is 2. The molecule has 4 aromatic rings. The van der Waals surface area contributed by atoms with Gasteiger partial charge in [0, 0.05) is 38.5 Å². The Balaban J connectivity index is 1.44. The summed E-state index contributed by atoms with van der Waals surface area (Å²) in [5.74, 6) is -1.20. The molecule has 3 heterocycles. The van der Waals surface area contributed by atoms with E-state index in [0.717, 1.165) is 11.3 Å². The van der Waals surface area contributed by atoms with E-state index in [9.17, 15) is 18.8 Å². The Hall–Kier alpha value is -3.89. The molecule has 2 aromatic heterocycles. The number of carbonyl (C=O) groups excluding carboxylic acids is 2. The number of hydrogen-bond acceptors (Lipinski definition) is 7. The molecule has 1 saturated heterocycles. The second-order valence-electron chi connectivity index (χ2n) is 9.47. The number of carbonyl (C=O) groups is 2. The number of benzene rings is 2. The maximum absolute atomic E-state index is 13.8. The largest absolute Gasteiger partial charge is 0.481 e. The molecule has 2 aromatic carbocycles. The highest BCUT2D eigenvalue weighted by Crippen LogP contribution is 2.27. The van der Waals surface area contributed by atoms with Gasteiger partial charge in [-0.15, -0.1) is 0 Å². The number of halogens is 2. The second-order valence-corrected chi connectivity index (χ2v) is 10.3. The number of Topliss-reactive ketones (excluding diaryl/α,β-unsaturated/α-hetero) is 2. The number of ether oxygens (including phenoxy) is 2. The van der Waals surface area contributed by atoms with E-state index >= 15 is 0 Å². The Morgan fingerprint density at radius 3 is 2.45 bits per heavy atom. The molecule has 1 fully saturated rings. The third kappa shape index (κ3) is 6.46. The van der Waals surface area contributed by atoms with Crippen molar-refractivity contribution in [3.63, 3.8) is 0 Å². The van der Waals surface area contributed by atoms with Crippen molar-refractivity contribution < 1.29 is 23.5 Å². The summed E-state index contributed by atoms with van der Waals surface area (Å²) in [5.41, 5.74) is 1.94. The Morgan fingerprint density at radius 1 is 1.00 bits per heavy atom. The van der Waals surface area contributed by atoms with Gasteiger partial charge in [0.2, 0.25) is 5.75 Å². The highest BCUT2D eigenvalue weighted by Gasteiger charge is 2.24. The van der Waals surface area contributed by atoms with Crippen LogP contribution in [0.1, 0.15) is 34.5 Å². The van der Waals surface area contributed by atoms with Crippen molar-refractivity contribution in [2.75, 3.05) is 31.2 Å². The third-order valence-corrected chi connectivity index (χ3v) is 7.22. The predicted octanol–water partition coefficient (Wildman–Crippen LogP) is 4.79. The Morgan fingerprint density at radius 2 is 1.73 bits per heavy atom. The lowest BCUT2D eigenvalue weighted by atomic mass is 10.0. The summed E-state index contributed by atoms with van der Waals surface area (Å²) in [4.78, 5) is 46.3. The molecule has 1 aliphatic heterocycles. The topological polar surface area (TPSA) is 90.2 Å². The quantitative estimate of drug-likeness (QED) is 0.239. The SMILES string of the molecule is O=C(CCC(=O)c1nc2c(Br)cc(N3CCOCC3)cn2c(=O)c1OCc1ccccc1)Cc1ccc(F)cc1. The monoisotopic (exact) mass is 607 g/mol. The van der Waals surface area contributed by atoms with Crippen molar-refractivity contribution in [1.29, 1.82) is 0 Å². The number of nitrogens with zero attached hydrogens (tertiary/aromatic N) is 3. The molecule has 206 valence electrons. The third-order valence-electron chi connectivity index (χ3n) is 6.64. The Bertz CT molecular complexity index is 1590. The van der Waals surface area contributed by atoms with Gasteiger partial charge >= 0.3 is 5.56 Å². The zero-order valence-electron chi connectivity index (χ0n) is 21.6. The van der Waals surface area contributed by atoms with Crippen LogP contribution >= 0.6 is 15.9 Å². The number of anilines is 1. The fourth-order valence-electron chi connectivity index (χ4n) is 4.50. The molecule has 0 atom stereocenters. The van der Waals surface area contributed by atoms with Crippen LogP contribution in [0.4, 0.5) is 10.1 Å². The summed E-state index contributed by atoms with van der Waals surface area (Å²) in [5, 5.41) is 0. The van der Waals surface area contributed by atoms with Crippen molar-refractivity contribution >= 4 is 38.8 Å². The van der Waals surface area contributed by atoms with Crippen LogP contribution in [-0.2, 0) is 22.6 Å². The first-order valence-electron chi connectivity index (χ1n) is 12.9. The maximum atomic E-state index is 13.8. The van der Waals surface area contributed by atoms with Crippen LogP contribution in [0, 0.1) is 5.82 Å². The van der Waals surface area contributed by atoms with Crippen molar-refractivity contribution in [3.8, 4) is 5.75 Å². The molecular weight excluding hydrogens is 581 g/mol. The van der Waals surface area contributed by atoms with Crippen LogP contribution in [0.2, 0.25) is 0 Å². The average Bonchev–Trinajstić information content (AvgIpc) is 2.97. The number of fused-ring (bicyclic) bond motifs is 1. The number of pyridine rings is 1. The lowest BCUT2D eigenvalue weighted by Crippen LogP contribution is -2.36. The molecule has 0 saturated carbocycles. The van der Waals surface area contributed by atoms with Crippen molar-refractivity contribution in [2.45, 2.75) is 25.9 Å². The van der Waals surface area contributed by atoms with E-state index in [0.29, 0.717) is 36.3 Å². The summed E-state index contributed by atoms with van der Waals surface area (Å²) < 4.78 is 26.5. The predicted molar refractivity (Wildman–Crippen MR) is 152 cm³/mol. The van der Waals surface area contributed by atoms with Crippen molar-refractivity contribution in [2.24, 2.45) is 0 Å². The van der Waals surface area contributed by atoms with Crippen LogP contribution in [0.25, 0.3) is 5.65 Å². The standard InChI is InChI=1S/C30H27BrFN3O5/c31-25-17-23(34-12-14-39-15-13-34)18-35-29(25)33-27(28(30(35)38)40-19-21-4-2-1-3-5-21)26(37)11-10-24(36)16-20-6-8-22(32)9-7-20/h1-9,17-18H,10-16,19H2. The fraction of sp³-hybridized carbons (Fsp3) is 0.267. The van der Waals surface area contributed by atoms with E-state index < -0.39 is 11.3 Å². The van der Waals surface area contributed by atoms with Crippen LogP contribution < -0.4 is 15.2 Å². The minimum atomic E-state index is -0.516. The molecule has 0 spiro atoms. The zero-order valence-corrected chi connectivity index (χ0v) is 23.2. The summed E-state index contributed by atoms with van der Waals surface area (Å²) in [7, 11) is 0. The molecule has 0 unspecified atom stereocenters. The van der Waals surface area contributed by atoms with Gasteiger partial charge in [0.15, 0.2) is 17.1 Å². The first-order chi connectivity index (χ1) is 19.4. The lowest BCUT2D eigenvalue weighted by molar-refractivity contribution is -0.118. The average molecular weight is 608 g/mol. The number of rotatable bonds is 10. The first kappa shape index (κ1) is 27.7. The molecule has 0 radical (unpaired) electrons. The van der Waals surface area contributed by atoms with E-state index in [1.165, 1.54) is 16.5 Å². The molecule has 0 N–H and O–H groups in total. The Labute approximate surface area is 238 Å². The van der Waals surface area contributed by atoms with Gasteiger partial charge in [-0.3, -0.25) is 18.8 Å². The summed E-state index contributed by atoms with van der Waals surface area (Å²) in [6, 6.07) is 16.8. The summed E-state index contributed by atoms with van der Waals surface area (Å²) >= 11 is 3.52. The van der Waals surface area contributed by atoms with E-state index in [1.807, 2.05) is 36.4 Å². The van der Waals surface area contributed by atoms with Gasteiger partial charge in [-0.05, 0) is 45.3 Å². The first-order valence-corrected chi connectivity index (χ1v) is 13.7. The van der Waals surface area contributed by atoms with E-state index in [4.69, 9.17) is 9.47 Å². The van der Waals surface area contributed by atoms with Crippen LogP contribution in [0.15, 0.2) is 76.1 Å².